The molecule has 110 valence electrons. The fourth-order valence-electron chi connectivity index (χ4n) is 2.75. The molecule has 3 rings (SSSR count). The highest BCUT2D eigenvalue weighted by Crippen LogP contribution is 2.26. The molecule has 0 aliphatic carbocycles. The van der Waals surface area contributed by atoms with Crippen molar-refractivity contribution in [3.05, 3.63) is 35.4 Å². The van der Waals surface area contributed by atoms with Crippen molar-refractivity contribution >= 4 is 17.5 Å². The number of pyridine rings is 1. The number of carbonyl (C=O) groups excluding carboxylic acids is 1. The van der Waals surface area contributed by atoms with Gasteiger partial charge in [-0.1, -0.05) is 0 Å². The number of aromatic nitrogens is 2. The smallest absolute Gasteiger partial charge is 0.356 e. The van der Waals surface area contributed by atoms with Crippen molar-refractivity contribution in [1.82, 2.24) is 14.7 Å². The fraction of sp³-hybridized carbons (Fsp3) is 0.357. The largest absolute Gasteiger partial charge is 0.476 e. The van der Waals surface area contributed by atoms with Gasteiger partial charge >= 0.3 is 11.9 Å². The molecule has 7 nitrogen and oxygen atoms in total. The van der Waals surface area contributed by atoms with E-state index in [2.05, 4.69) is 10.3 Å². The Kier molecular flexibility index (Phi) is 3.34. The lowest BCUT2D eigenvalue weighted by Gasteiger charge is -2.08. The Morgan fingerprint density at radius 3 is 2.95 bits per heavy atom. The number of carboxylic acids is 1. The van der Waals surface area contributed by atoms with Crippen LogP contribution in [0, 0.1) is 0 Å². The Bertz CT molecular complexity index is 716. The van der Waals surface area contributed by atoms with Gasteiger partial charge in [0.15, 0.2) is 5.69 Å². The van der Waals surface area contributed by atoms with Crippen LogP contribution in [-0.4, -0.2) is 46.6 Å². The van der Waals surface area contributed by atoms with Crippen LogP contribution >= 0.6 is 0 Å². The first-order chi connectivity index (χ1) is 10.1. The zero-order chi connectivity index (χ0) is 15.0. The van der Waals surface area contributed by atoms with Crippen LogP contribution in [0.5, 0.6) is 0 Å². The van der Waals surface area contributed by atoms with Gasteiger partial charge in [0.2, 0.25) is 0 Å². The van der Waals surface area contributed by atoms with Gasteiger partial charge in [0, 0.05) is 18.7 Å². The van der Waals surface area contributed by atoms with Gasteiger partial charge in [-0.05, 0) is 25.1 Å². The molecule has 1 saturated heterocycles. The van der Waals surface area contributed by atoms with E-state index in [-0.39, 0.29) is 17.2 Å². The van der Waals surface area contributed by atoms with E-state index in [0.717, 1.165) is 19.5 Å². The molecule has 2 N–H and O–H groups in total. The maximum Gasteiger partial charge on any atom is 0.356 e. The zero-order valence-corrected chi connectivity index (χ0v) is 11.5. The van der Waals surface area contributed by atoms with Crippen LogP contribution in [0.2, 0.25) is 0 Å². The average molecular weight is 289 g/mol. The number of nitrogens with zero attached hydrogens (tertiary/aromatic N) is 2. The summed E-state index contributed by atoms with van der Waals surface area (Å²) in [6.45, 7) is 1.62. The third-order valence-corrected chi connectivity index (χ3v) is 3.72. The summed E-state index contributed by atoms with van der Waals surface area (Å²) in [4.78, 5) is 27.6. The van der Waals surface area contributed by atoms with Crippen LogP contribution in [0.4, 0.5) is 0 Å². The molecule has 21 heavy (non-hydrogen) atoms. The molecule has 1 unspecified atom stereocenters. The first kappa shape index (κ1) is 13.6. The van der Waals surface area contributed by atoms with Gasteiger partial charge < -0.3 is 19.6 Å². The lowest BCUT2D eigenvalue weighted by molar-refractivity contribution is 0.0602. The molecule has 3 heterocycles. The van der Waals surface area contributed by atoms with E-state index >= 15 is 0 Å². The number of rotatable bonds is 3. The molecule has 0 saturated carbocycles. The highest BCUT2D eigenvalue weighted by molar-refractivity contribution is 6.04. The van der Waals surface area contributed by atoms with Crippen LogP contribution < -0.4 is 5.32 Å². The topological polar surface area (TPSA) is 92.9 Å². The summed E-state index contributed by atoms with van der Waals surface area (Å²) in [5.74, 6) is -0.920. The van der Waals surface area contributed by atoms with E-state index in [1.54, 1.807) is 22.7 Å². The standard InChI is InChI=1S/C14H15N3O4/c1-21-14(20)9-3-2-6-17-11(9)10(13(18)19)16-12(17)8-4-5-15-7-8/h2-3,6,8,15H,4-5,7H2,1H3,(H,18,19). The van der Waals surface area contributed by atoms with Gasteiger partial charge in [0.05, 0.1) is 18.2 Å². The number of esters is 1. The molecular weight excluding hydrogens is 274 g/mol. The highest BCUT2D eigenvalue weighted by atomic mass is 16.5. The Morgan fingerprint density at radius 1 is 1.52 bits per heavy atom. The predicted octanol–water partition coefficient (Wildman–Crippen LogP) is 0.896. The van der Waals surface area contributed by atoms with E-state index in [4.69, 9.17) is 4.74 Å². The summed E-state index contributed by atoms with van der Waals surface area (Å²) in [5.41, 5.74) is 0.388. The second kappa shape index (κ2) is 5.17. The van der Waals surface area contributed by atoms with Crippen molar-refractivity contribution in [2.45, 2.75) is 12.3 Å². The molecule has 0 bridgehead atoms. The molecule has 0 spiro atoms. The van der Waals surface area contributed by atoms with Gasteiger partial charge in [-0.2, -0.15) is 0 Å². The Labute approximate surface area is 120 Å². The first-order valence-corrected chi connectivity index (χ1v) is 6.66. The van der Waals surface area contributed by atoms with Crippen molar-refractivity contribution in [2.24, 2.45) is 0 Å². The second-order valence-corrected chi connectivity index (χ2v) is 4.95. The van der Waals surface area contributed by atoms with Crippen molar-refractivity contribution in [2.75, 3.05) is 20.2 Å². The first-order valence-electron chi connectivity index (χ1n) is 6.66. The van der Waals surface area contributed by atoms with E-state index in [1.807, 2.05) is 0 Å². The van der Waals surface area contributed by atoms with Crippen molar-refractivity contribution in [3.8, 4) is 0 Å². The molecule has 1 aliphatic heterocycles. The van der Waals surface area contributed by atoms with Gasteiger partial charge in [-0.3, -0.25) is 0 Å². The van der Waals surface area contributed by atoms with Gasteiger partial charge in [0.25, 0.3) is 0 Å². The average Bonchev–Trinajstić information content (AvgIpc) is 3.12. The number of nitrogens with one attached hydrogen (secondary N) is 1. The molecule has 2 aromatic rings. The Balaban J connectivity index is 2.27. The summed E-state index contributed by atoms with van der Waals surface area (Å²) < 4.78 is 6.42. The summed E-state index contributed by atoms with van der Waals surface area (Å²) in [7, 11) is 1.27. The van der Waals surface area contributed by atoms with Crippen LogP contribution in [0.15, 0.2) is 18.3 Å². The SMILES string of the molecule is COC(=O)c1cccn2c(C3CCNC3)nc(C(=O)O)c12. The molecule has 0 radical (unpaired) electrons. The quantitative estimate of drug-likeness (QED) is 0.815. The highest BCUT2D eigenvalue weighted by Gasteiger charge is 2.28. The minimum Gasteiger partial charge on any atom is -0.476 e. The van der Waals surface area contributed by atoms with Crippen LogP contribution in [0.3, 0.4) is 0 Å². The monoisotopic (exact) mass is 289 g/mol. The number of ether oxygens (including phenoxy) is 1. The minimum absolute atomic E-state index is 0.113. The van der Waals surface area contributed by atoms with Crippen LogP contribution in [0.1, 0.15) is 39.0 Å². The van der Waals surface area contributed by atoms with E-state index < -0.39 is 11.9 Å². The minimum atomic E-state index is -1.15. The molecule has 0 amide bonds. The van der Waals surface area contributed by atoms with Crippen LogP contribution in [-0.2, 0) is 4.74 Å². The van der Waals surface area contributed by atoms with Crippen molar-refractivity contribution in [3.63, 3.8) is 0 Å². The van der Waals surface area contributed by atoms with E-state index in [1.165, 1.54) is 7.11 Å². The third-order valence-electron chi connectivity index (χ3n) is 3.72. The van der Waals surface area contributed by atoms with Gasteiger partial charge in [-0.15, -0.1) is 0 Å². The Hall–Kier alpha value is -2.41. The summed E-state index contributed by atoms with van der Waals surface area (Å²) in [6.07, 6.45) is 2.62. The molecule has 1 fully saturated rings. The van der Waals surface area contributed by atoms with Crippen molar-refractivity contribution < 1.29 is 19.4 Å². The van der Waals surface area contributed by atoms with Gasteiger partial charge in [-0.25, -0.2) is 14.6 Å². The zero-order valence-electron chi connectivity index (χ0n) is 11.5. The summed E-state index contributed by atoms with van der Waals surface area (Å²) in [6, 6.07) is 3.24. The molecule has 7 heteroatoms. The fourth-order valence-corrected chi connectivity index (χ4v) is 2.75. The molecular formula is C14H15N3O4. The Morgan fingerprint density at radius 2 is 2.33 bits per heavy atom. The number of aromatic carboxylic acids is 1. The lowest BCUT2D eigenvalue weighted by atomic mass is 10.1. The van der Waals surface area contributed by atoms with E-state index in [9.17, 15) is 14.7 Å². The molecule has 1 atom stereocenters. The summed E-state index contributed by atoms with van der Waals surface area (Å²) in [5, 5.41) is 12.6. The number of imidazole rings is 1. The number of carboxylic acid groups (broad SMARTS) is 1. The van der Waals surface area contributed by atoms with E-state index in [0.29, 0.717) is 11.3 Å². The maximum absolute atomic E-state index is 11.9. The number of methoxy groups -OCH3 is 1. The lowest BCUT2D eigenvalue weighted by Crippen LogP contribution is -2.10. The van der Waals surface area contributed by atoms with Gasteiger partial charge in [0.1, 0.15) is 5.82 Å². The summed E-state index contributed by atoms with van der Waals surface area (Å²) >= 11 is 0. The molecule has 2 aromatic heterocycles. The second-order valence-electron chi connectivity index (χ2n) is 4.95. The third kappa shape index (κ3) is 2.15. The molecule has 1 aliphatic rings. The normalized spacial score (nSPS) is 18.0. The number of carbonyl (C=O) groups is 2. The predicted molar refractivity (Wildman–Crippen MR) is 73.7 cm³/mol. The maximum atomic E-state index is 11.9. The number of hydrogen-bond acceptors (Lipinski definition) is 5. The van der Waals surface area contributed by atoms with Crippen LogP contribution in [0.25, 0.3) is 5.52 Å². The number of fused-ring (bicyclic) bond motifs is 1. The number of hydrogen-bond donors (Lipinski definition) is 2. The van der Waals surface area contributed by atoms with Crippen molar-refractivity contribution in [1.29, 1.82) is 0 Å². The molecule has 0 aromatic carbocycles.